The number of benzene rings is 2. The third-order valence-corrected chi connectivity index (χ3v) is 3.80. The lowest BCUT2D eigenvalue weighted by molar-refractivity contribution is -0.167. The second-order valence-electron chi connectivity index (χ2n) is 5.73. The van der Waals surface area contributed by atoms with Gasteiger partial charge in [0, 0.05) is 18.7 Å². The van der Waals surface area contributed by atoms with Gasteiger partial charge in [-0.3, -0.25) is 9.59 Å². The molecule has 2 amide bonds. The summed E-state index contributed by atoms with van der Waals surface area (Å²) >= 11 is 0. The number of carbonyl (C=O) groups is 2. The van der Waals surface area contributed by atoms with Gasteiger partial charge in [0.25, 0.3) is 0 Å². The van der Waals surface area contributed by atoms with Crippen LogP contribution in [0.4, 0.5) is 18.9 Å². The molecule has 0 saturated carbocycles. The van der Waals surface area contributed by atoms with E-state index in [4.69, 9.17) is 4.74 Å². The van der Waals surface area contributed by atoms with Crippen LogP contribution in [0.1, 0.15) is 17.5 Å². The fraction of sp³-hybridized carbons (Fsp3) is 0.263. The Morgan fingerprint density at radius 1 is 1.04 bits per heavy atom. The Bertz CT molecular complexity index is 790. The van der Waals surface area contributed by atoms with E-state index in [1.165, 1.54) is 18.2 Å². The number of halogens is 3. The summed E-state index contributed by atoms with van der Waals surface area (Å²) in [5.41, 5.74) is 1.35. The van der Waals surface area contributed by atoms with E-state index in [1.54, 1.807) is 25.3 Å². The van der Waals surface area contributed by atoms with Crippen LogP contribution in [-0.2, 0) is 22.6 Å². The molecule has 0 aliphatic carbocycles. The summed E-state index contributed by atoms with van der Waals surface area (Å²) in [7, 11) is 1.57. The second-order valence-corrected chi connectivity index (χ2v) is 5.73. The fourth-order valence-electron chi connectivity index (χ4n) is 2.32. The van der Waals surface area contributed by atoms with Gasteiger partial charge in [0.15, 0.2) is 0 Å². The van der Waals surface area contributed by atoms with Gasteiger partial charge >= 0.3 is 12.1 Å². The highest BCUT2D eigenvalue weighted by atomic mass is 19.4. The number of hydrogen-bond acceptors (Lipinski definition) is 3. The maximum absolute atomic E-state index is 12.4. The van der Waals surface area contributed by atoms with E-state index in [0.29, 0.717) is 12.0 Å². The number of aryl methyl sites for hydroxylation is 1. The standard InChI is InChI=1S/C19H19F3N2O3/c1-27-15-9-6-13(7-10-15)8-11-17(25)23-12-14-4-2-3-5-16(14)24-18(26)19(20,21)22/h2-7,9-10H,8,11-12H2,1H3,(H,23,25)(H,24,26). The van der Waals surface area contributed by atoms with Crippen LogP contribution >= 0.6 is 0 Å². The number of ether oxygens (including phenoxy) is 1. The zero-order valence-electron chi connectivity index (χ0n) is 14.6. The fourth-order valence-corrected chi connectivity index (χ4v) is 2.32. The summed E-state index contributed by atoms with van der Waals surface area (Å²) in [6.45, 7) is 0.00968. The second kappa shape index (κ2) is 9.07. The Hall–Kier alpha value is -3.03. The normalized spacial score (nSPS) is 11.0. The van der Waals surface area contributed by atoms with Crippen molar-refractivity contribution in [2.45, 2.75) is 25.6 Å². The molecule has 2 aromatic carbocycles. The number of methoxy groups -OCH3 is 1. The van der Waals surface area contributed by atoms with Crippen molar-refractivity contribution in [1.29, 1.82) is 0 Å². The lowest BCUT2D eigenvalue weighted by Crippen LogP contribution is -2.31. The molecule has 0 spiro atoms. The molecule has 0 aliphatic heterocycles. The average molecular weight is 380 g/mol. The van der Waals surface area contributed by atoms with Crippen LogP contribution in [0.25, 0.3) is 0 Å². The minimum Gasteiger partial charge on any atom is -0.497 e. The first-order valence-electron chi connectivity index (χ1n) is 8.15. The van der Waals surface area contributed by atoms with Crippen molar-refractivity contribution in [3.8, 4) is 5.75 Å². The molecular weight excluding hydrogens is 361 g/mol. The monoisotopic (exact) mass is 380 g/mol. The summed E-state index contributed by atoms with van der Waals surface area (Å²) in [5, 5.41) is 4.46. The van der Waals surface area contributed by atoms with Crippen molar-refractivity contribution in [2.75, 3.05) is 12.4 Å². The number of carbonyl (C=O) groups excluding carboxylic acids is 2. The van der Waals surface area contributed by atoms with Gasteiger partial charge in [0.2, 0.25) is 5.91 Å². The predicted octanol–water partition coefficient (Wildman–Crippen LogP) is 3.45. The van der Waals surface area contributed by atoms with Crippen LogP contribution in [0.15, 0.2) is 48.5 Å². The summed E-state index contributed by atoms with van der Waals surface area (Å²) in [4.78, 5) is 23.1. The molecule has 0 heterocycles. The number of anilines is 1. The highest BCUT2D eigenvalue weighted by Gasteiger charge is 2.38. The van der Waals surface area contributed by atoms with Crippen LogP contribution in [0.3, 0.4) is 0 Å². The van der Waals surface area contributed by atoms with Crippen molar-refractivity contribution in [3.63, 3.8) is 0 Å². The van der Waals surface area contributed by atoms with E-state index in [-0.39, 0.29) is 24.6 Å². The molecule has 0 radical (unpaired) electrons. The van der Waals surface area contributed by atoms with Gasteiger partial charge in [0.1, 0.15) is 5.75 Å². The van der Waals surface area contributed by atoms with Crippen LogP contribution in [0.2, 0.25) is 0 Å². The Labute approximate surface area is 154 Å². The van der Waals surface area contributed by atoms with E-state index in [0.717, 1.165) is 11.3 Å². The first-order valence-corrected chi connectivity index (χ1v) is 8.15. The summed E-state index contributed by atoms with van der Waals surface area (Å²) in [6.07, 6.45) is -4.24. The van der Waals surface area contributed by atoms with Gasteiger partial charge in [-0.05, 0) is 35.7 Å². The smallest absolute Gasteiger partial charge is 0.471 e. The van der Waals surface area contributed by atoms with Crippen molar-refractivity contribution in [3.05, 3.63) is 59.7 Å². The van der Waals surface area contributed by atoms with E-state index in [9.17, 15) is 22.8 Å². The van der Waals surface area contributed by atoms with Crippen LogP contribution in [-0.4, -0.2) is 25.1 Å². The van der Waals surface area contributed by atoms with Gasteiger partial charge in [-0.25, -0.2) is 0 Å². The Kier molecular flexibility index (Phi) is 6.81. The van der Waals surface area contributed by atoms with E-state index >= 15 is 0 Å². The molecule has 0 fully saturated rings. The number of amides is 2. The summed E-state index contributed by atoms with van der Waals surface area (Å²) < 4.78 is 42.3. The number of hydrogen-bond donors (Lipinski definition) is 2. The lowest BCUT2D eigenvalue weighted by Gasteiger charge is -2.13. The molecule has 2 aromatic rings. The van der Waals surface area contributed by atoms with Crippen molar-refractivity contribution in [1.82, 2.24) is 5.32 Å². The predicted molar refractivity (Wildman–Crippen MR) is 94.3 cm³/mol. The van der Waals surface area contributed by atoms with Gasteiger partial charge in [-0.1, -0.05) is 30.3 Å². The maximum Gasteiger partial charge on any atom is 0.471 e. The van der Waals surface area contributed by atoms with Gasteiger partial charge < -0.3 is 15.4 Å². The quantitative estimate of drug-likeness (QED) is 0.773. The largest absolute Gasteiger partial charge is 0.497 e. The molecule has 8 heteroatoms. The first-order chi connectivity index (χ1) is 12.8. The van der Waals surface area contributed by atoms with E-state index in [2.05, 4.69) is 5.32 Å². The molecule has 2 rings (SSSR count). The SMILES string of the molecule is COc1ccc(CCC(=O)NCc2ccccc2NC(=O)C(F)(F)F)cc1. The maximum atomic E-state index is 12.4. The number of rotatable bonds is 7. The molecule has 2 N–H and O–H groups in total. The van der Waals surface area contributed by atoms with Gasteiger partial charge in [-0.15, -0.1) is 0 Å². The number of alkyl halides is 3. The Balaban J connectivity index is 1.88. The minimum atomic E-state index is -4.98. The van der Waals surface area contributed by atoms with E-state index in [1.807, 2.05) is 17.4 Å². The first kappa shape index (κ1) is 20.3. The third-order valence-electron chi connectivity index (χ3n) is 3.80. The lowest BCUT2D eigenvalue weighted by atomic mass is 10.1. The molecule has 0 saturated heterocycles. The van der Waals surface area contributed by atoms with Crippen LogP contribution in [0, 0.1) is 0 Å². The highest BCUT2D eigenvalue weighted by Crippen LogP contribution is 2.21. The van der Waals surface area contributed by atoms with Crippen LogP contribution in [0.5, 0.6) is 5.75 Å². The molecule has 0 bridgehead atoms. The average Bonchev–Trinajstić information content (AvgIpc) is 2.65. The molecular formula is C19H19F3N2O3. The summed E-state index contributed by atoms with van der Waals surface area (Å²) in [5.74, 6) is -1.58. The Morgan fingerprint density at radius 3 is 2.33 bits per heavy atom. The molecule has 0 aromatic heterocycles. The minimum absolute atomic E-state index is 0.00952. The Morgan fingerprint density at radius 2 is 1.70 bits per heavy atom. The van der Waals surface area contributed by atoms with Crippen molar-refractivity contribution in [2.24, 2.45) is 0 Å². The molecule has 5 nitrogen and oxygen atoms in total. The van der Waals surface area contributed by atoms with Gasteiger partial charge in [0.05, 0.1) is 7.11 Å². The molecule has 27 heavy (non-hydrogen) atoms. The van der Waals surface area contributed by atoms with Crippen LogP contribution < -0.4 is 15.4 Å². The molecule has 0 unspecified atom stereocenters. The van der Waals surface area contributed by atoms with Crippen molar-refractivity contribution >= 4 is 17.5 Å². The van der Waals surface area contributed by atoms with Crippen molar-refractivity contribution < 1.29 is 27.5 Å². The number of nitrogens with one attached hydrogen (secondary N) is 2. The zero-order valence-corrected chi connectivity index (χ0v) is 14.6. The highest BCUT2D eigenvalue weighted by molar-refractivity contribution is 5.95. The third kappa shape index (κ3) is 6.32. The number of para-hydroxylation sites is 1. The molecule has 0 aliphatic rings. The zero-order chi connectivity index (χ0) is 19.9. The van der Waals surface area contributed by atoms with E-state index < -0.39 is 12.1 Å². The summed E-state index contributed by atoms with van der Waals surface area (Å²) in [6, 6.07) is 13.3. The molecule has 144 valence electrons. The van der Waals surface area contributed by atoms with Gasteiger partial charge in [-0.2, -0.15) is 13.2 Å². The molecule has 0 atom stereocenters. The topological polar surface area (TPSA) is 67.4 Å².